The van der Waals surface area contributed by atoms with Crippen LogP contribution in [0.25, 0.3) is 0 Å². The van der Waals surface area contributed by atoms with E-state index >= 15 is 0 Å². The molecule has 1 amide bonds. The Hall–Kier alpha value is -1.71. The van der Waals surface area contributed by atoms with E-state index in [1.165, 1.54) is 25.7 Å². The van der Waals surface area contributed by atoms with Crippen molar-refractivity contribution in [3.05, 3.63) is 23.8 Å². The standard InChI is InChI=1S/C14H21N3O/c1-2-5-14(6-7-14)9-17-12-8-10(13(16)18)3-4-11(12)15/h3-4,8,17H,2,5-7,9,15H2,1H3,(H2,16,18). The number of carbonyl (C=O) groups excluding carboxylic acids is 1. The highest BCUT2D eigenvalue weighted by molar-refractivity contribution is 5.94. The zero-order valence-corrected chi connectivity index (χ0v) is 10.8. The monoisotopic (exact) mass is 247 g/mol. The van der Waals surface area contributed by atoms with Gasteiger partial charge in [-0.25, -0.2) is 0 Å². The third kappa shape index (κ3) is 2.75. The quantitative estimate of drug-likeness (QED) is 0.675. The van der Waals surface area contributed by atoms with Crippen molar-refractivity contribution in [1.82, 2.24) is 0 Å². The molecule has 2 rings (SSSR count). The third-order valence-electron chi connectivity index (χ3n) is 3.73. The SMILES string of the molecule is CCCC1(CNc2cc(C(N)=O)ccc2N)CC1. The molecular weight excluding hydrogens is 226 g/mol. The van der Waals surface area contributed by atoms with Crippen LogP contribution in [0.5, 0.6) is 0 Å². The summed E-state index contributed by atoms with van der Waals surface area (Å²) in [5.41, 5.74) is 13.6. The lowest BCUT2D eigenvalue weighted by atomic mass is 10.0. The van der Waals surface area contributed by atoms with Crippen molar-refractivity contribution in [1.29, 1.82) is 0 Å². The van der Waals surface area contributed by atoms with Gasteiger partial charge in [-0.2, -0.15) is 0 Å². The first-order valence-corrected chi connectivity index (χ1v) is 6.49. The second kappa shape index (κ2) is 4.88. The Morgan fingerprint density at radius 2 is 2.17 bits per heavy atom. The number of primary amides is 1. The van der Waals surface area contributed by atoms with Crippen molar-refractivity contribution in [2.24, 2.45) is 11.1 Å². The molecule has 1 aromatic carbocycles. The molecule has 98 valence electrons. The van der Waals surface area contributed by atoms with E-state index in [9.17, 15) is 4.79 Å². The molecule has 0 atom stereocenters. The van der Waals surface area contributed by atoms with Crippen LogP contribution in [0.4, 0.5) is 11.4 Å². The lowest BCUT2D eigenvalue weighted by Crippen LogP contribution is -2.17. The van der Waals surface area contributed by atoms with Gasteiger partial charge in [-0.05, 0) is 42.9 Å². The molecule has 1 aliphatic carbocycles. The number of rotatable bonds is 6. The number of carbonyl (C=O) groups is 1. The van der Waals surface area contributed by atoms with Gasteiger partial charge < -0.3 is 16.8 Å². The van der Waals surface area contributed by atoms with Crippen LogP contribution in [-0.4, -0.2) is 12.5 Å². The molecule has 4 nitrogen and oxygen atoms in total. The van der Waals surface area contributed by atoms with Crippen molar-refractivity contribution >= 4 is 17.3 Å². The van der Waals surface area contributed by atoms with E-state index in [0.29, 0.717) is 16.7 Å². The molecule has 18 heavy (non-hydrogen) atoms. The van der Waals surface area contributed by atoms with Gasteiger partial charge in [0.05, 0.1) is 11.4 Å². The number of hydrogen-bond acceptors (Lipinski definition) is 3. The first-order valence-electron chi connectivity index (χ1n) is 6.49. The molecule has 0 spiro atoms. The van der Waals surface area contributed by atoms with Gasteiger partial charge in [0.15, 0.2) is 0 Å². The summed E-state index contributed by atoms with van der Waals surface area (Å²) in [5.74, 6) is -0.423. The lowest BCUT2D eigenvalue weighted by molar-refractivity contribution is 0.100. The van der Waals surface area contributed by atoms with Gasteiger partial charge in [-0.1, -0.05) is 13.3 Å². The molecule has 4 heteroatoms. The normalized spacial score (nSPS) is 16.3. The summed E-state index contributed by atoms with van der Waals surface area (Å²) in [4.78, 5) is 11.1. The Morgan fingerprint density at radius 3 is 2.72 bits per heavy atom. The van der Waals surface area contributed by atoms with Gasteiger partial charge in [-0.15, -0.1) is 0 Å². The number of amides is 1. The fraction of sp³-hybridized carbons (Fsp3) is 0.500. The van der Waals surface area contributed by atoms with E-state index in [-0.39, 0.29) is 0 Å². The number of nitrogens with one attached hydrogen (secondary N) is 1. The van der Waals surface area contributed by atoms with Crippen LogP contribution in [0.15, 0.2) is 18.2 Å². The molecular formula is C14H21N3O. The minimum absolute atomic E-state index is 0.423. The van der Waals surface area contributed by atoms with E-state index in [4.69, 9.17) is 11.5 Å². The summed E-state index contributed by atoms with van der Waals surface area (Å²) in [6, 6.07) is 5.11. The van der Waals surface area contributed by atoms with Crippen molar-refractivity contribution in [3.8, 4) is 0 Å². The van der Waals surface area contributed by atoms with Gasteiger partial charge in [0.2, 0.25) is 5.91 Å². The van der Waals surface area contributed by atoms with Gasteiger partial charge in [0.25, 0.3) is 0 Å². The average Bonchev–Trinajstić information content (AvgIpc) is 3.08. The van der Waals surface area contributed by atoms with Crippen molar-refractivity contribution in [2.75, 3.05) is 17.6 Å². The zero-order valence-electron chi connectivity index (χ0n) is 10.8. The smallest absolute Gasteiger partial charge is 0.248 e. The number of nitrogens with two attached hydrogens (primary N) is 2. The number of nitrogen functional groups attached to an aromatic ring is 1. The molecule has 0 radical (unpaired) electrons. The Balaban J connectivity index is 2.04. The molecule has 0 aliphatic heterocycles. The van der Waals surface area contributed by atoms with Gasteiger partial charge in [0, 0.05) is 12.1 Å². The highest BCUT2D eigenvalue weighted by Gasteiger charge is 2.41. The summed E-state index contributed by atoms with van der Waals surface area (Å²) < 4.78 is 0. The molecule has 0 heterocycles. The van der Waals surface area contributed by atoms with Crippen LogP contribution >= 0.6 is 0 Å². The summed E-state index contributed by atoms with van der Waals surface area (Å²) >= 11 is 0. The Kier molecular flexibility index (Phi) is 3.45. The molecule has 1 saturated carbocycles. The maximum absolute atomic E-state index is 11.1. The predicted molar refractivity (Wildman–Crippen MR) is 74.4 cm³/mol. The summed E-state index contributed by atoms with van der Waals surface area (Å²) in [5, 5.41) is 3.36. The Morgan fingerprint density at radius 1 is 1.44 bits per heavy atom. The van der Waals surface area contributed by atoms with E-state index in [0.717, 1.165) is 12.2 Å². The molecule has 1 aromatic rings. The second-order valence-corrected chi connectivity index (χ2v) is 5.27. The van der Waals surface area contributed by atoms with Crippen LogP contribution in [0.1, 0.15) is 43.0 Å². The van der Waals surface area contributed by atoms with Crippen LogP contribution in [0.3, 0.4) is 0 Å². The molecule has 0 saturated heterocycles. The maximum Gasteiger partial charge on any atom is 0.248 e. The molecule has 1 fully saturated rings. The van der Waals surface area contributed by atoms with E-state index in [1.807, 2.05) is 0 Å². The largest absolute Gasteiger partial charge is 0.397 e. The summed E-state index contributed by atoms with van der Waals surface area (Å²) in [7, 11) is 0. The Labute approximate surface area is 108 Å². The van der Waals surface area contributed by atoms with E-state index in [2.05, 4.69) is 12.2 Å². The topological polar surface area (TPSA) is 81.1 Å². The van der Waals surface area contributed by atoms with Crippen molar-refractivity contribution in [3.63, 3.8) is 0 Å². The average molecular weight is 247 g/mol. The molecule has 0 bridgehead atoms. The molecule has 0 aromatic heterocycles. The zero-order chi connectivity index (χ0) is 13.2. The van der Waals surface area contributed by atoms with Gasteiger partial charge in [-0.3, -0.25) is 4.79 Å². The fourth-order valence-electron chi connectivity index (χ4n) is 2.37. The number of benzene rings is 1. The van der Waals surface area contributed by atoms with Crippen LogP contribution in [0, 0.1) is 5.41 Å². The molecule has 5 N–H and O–H groups in total. The van der Waals surface area contributed by atoms with Gasteiger partial charge >= 0.3 is 0 Å². The fourth-order valence-corrected chi connectivity index (χ4v) is 2.37. The lowest BCUT2D eigenvalue weighted by Gasteiger charge is -2.17. The van der Waals surface area contributed by atoms with Gasteiger partial charge in [0.1, 0.15) is 0 Å². The number of anilines is 2. The molecule has 0 unspecified atom stereocenters. The van der Waals surface area contributed by atoms with E-state index < -0.39 is 5.91 Å². The maximum atomic E-state index is 11.1. The minimum Gasteiger partial charge on any atom is -0.397 e. The second-order valence-electron chi connectivity index (χ2n) is 5.27. The van der Waals surface area contributed by atoms with Crippen molar-refractivity contribution < 1.29 is 4.79 Å². The highest BCUT2D eigenvalue weighted by Crippen LogP contribution is 2.49. The third-order valence-corrected chi connectivity index (χ3v) is 3.73. The summed E-state index contributed by atoms with van der Waals surface area (Å²) in [6.07, 6.45) is 5.01. The first-order chi connectivity index (χ1) is 8.56. The summed E-state index contributed by atoms with van der Waals surface area (Å²) in [6.45, 7) is 3.13. The molecule has 1 aliphatic rings. The highest BCUT2D eigenvalue weighted by atomic mass is 16.1. The van der Waals surface area contributed by atoms with Crippen LogP contribution in [-0.2, 0) is 0 Å². The Bertz CT molecular complexity index is 452. The minimum atomic E-state index is -0.423. The first kappa shape index (κ1) is 12.7. The van der Waals surface area contributed by atoms with E-state index in [1.54, 1.807) is 18.2 Å². The van der Waals surface area contributed by atoms with Crippen molar-refractivity contribution in [2.45, 2.75) is 32.6 Å². The predicted octanol–water partition coefficient (Wildman–Crippen LogP) is 2.36. The number of hydrogen-bond donors (Lipinski definition) is 3. The van der Waals surface area contributed by atoms with Crippen LogP contribution in [0.2, 0.25) is 0 Å². The van der Waals surface area contributed by atoms with Crippen LogP contribution < -0.4 is 16.8 Å².